The van der Waals surface area contributed by atoms with Crippen LogP contribution in [0.3, 0.4) is 0 Å². The monoisotopic (exact) mass is 367 g/mol. The molecule has 7 heteroatoms. The van der Waals surface area contributed by atoms with Gasteiger partial charge < -0.3 is 15.0 Å². The van der Waals surface area contributed by atoms with Crippen molar-refractivity contribution in [2.24, 2.45) is 0 Å². The van der Waals surface area contributed by atoms with Crippen LogP contribution in [0, 0.1) is 0 Å². The van der Waals surface area contributed by atoms with Gasteiger partial charge >= 0.3 is 0 Å². The van der Waals surface area contributed by atoms with Gasteiger partial charge in [0.15, 0.2) is 5.11 Å². The van der Waals surface area contributed by atoms with E-state index in [0.29, 0.717) is 5.11 Å². The Labute approximate surface area is 158 Å². The number of ether oxygens (including phenoxy) is 1. The van der Waals surface area contributed by atoms with E-state index in [4.69, 9.17) is 17.0 Å². The lowest BCUT2D eigenvalue weighted by Gasteiger charge is -2.28. The lowest BCUT2D eigenvalue weighted by atomic mass is 10.1. The number of rotatable bonds is 5. The van der Waals surface area contributed by atoms with E-state index in [1.54, 1.807) is 18.1 Å². The fraction of sp³-hybridized carbons (Fsp3) is 0.211. The maximum atomic E-state index is 5.56. The van der Waals surface area contributed by atoms with E-state index in [1.165, 1.54) is 6.33 Å². The fourth-order valence-corrected chi connectivity index (χ4v) is 2.84. The normalized spacial score (nSPS) is 11.7. The van der Waals surface area contributed by atoms with Gasteiger partial charge in [0.25, 0.3) is 0 Å². The van der Waals surface area contributed by atoms with Crippen molar-refractivity contribution in [3.63, 3.8) is 0 Å². The smallest absolute Gasteiger partial charge is 0.173 e. The molecule has 3 rings (SSSR count). The standard InChI is InChI=1S/C19H21N5OS/c1-14(15-7-9-17(10-8-15)24-13-20-12-21-24)23(2)19(26)22-16-5-4-6-18(11-16)25-3/h4-14H,1-3H3,(H,22,26)/t14-/m0/s1. The van der Waals surface area contributed by atoms with E-state index in [9.17, 15) is 0 Å². The Bertz CT molecular complexity index is 864. The minimum atomic E-state index is 0.116. The molecule has 0 fully saturated rings. The molecule has 0 aliphatic rings. The number of thiocarbonyl (C=S) groups is 1. The van der Waals surface area contributed by atoms with Gasteiger partial charge in [0.05, 0.1) is 18.8 Å². The van der Waals surface area contributed by atoms with Crippen LogP contribution in [0.25, 0.3) is 5.69 Å². The molecule has 1 N–H and O–H groups in total. The summed E-state index contributed by atoms with van der Waals surface area (Å²) in [4.78, 5) is 6.00. The Morgan fingerprint density at radius 2 is 2.00 bits per heavy atom. The highest BCUT2D eigenvalue weighted by atomic mass is 32.1. The average molecular weight is 367 g/mol. The van der Waals surface area contributed by atoms with E-state index in [0.717, 1.165) is 22.7 Å². The molecule has 0 aliphatic heterocycles. The molecule has 0 saturated heterocycles. The zero-order chi connectivity index (χ0) is 18.5. The summed E-state index contributed by atoms with van der Waals surface area (Å²) in [5.74, 6) is 0.789. The zero-order valence-electron chi connectivity index (χ0n) is 15.0. The van der Waals surface area contributed by atoms with E-state index in [1.807, 2.05) is 48.3 Å². The Hall–Kier alpha value is -2.93. The predicted molar refractivity (Wildman–Crippen MR) is 107 cm³/mol. The van der Waals surface area contributed by atoms with Crippen molar-refractivity contribution in [2.45, 2.75) is 13.0 Å². The highest BCUT2D eigenvalue weighted by Gasteiger charge is 2.15. The molecule has 3 aromatic rings. The molecule has 1 atom stereocenters. The largest absolute Gasteiger partial charge is 0.497 e. The van der Waals surface area contributed by atoms with Gasteiger partial charge in [-0.2, -0.15) is 5.10 Å². The van der Waals surface area contributed by atoms with Crippen molar-refractivity contribution in [1.29, 1.82) is 0 Å². The summed E-state index contributed by atoms with van der Waals surface area (Å²) < 4.78 is 6.98. The van der Waals surface area contributed by atoms with Crippen LogP contribution in [-0.4, -0.2) is 38.9 Å². The second-order valence-corrected chi connectivity index (χ2v) is 6.27. The van der Waals surface area contributed by atoms with Crippen molar-refractivity contribution in [3.8, 4) is 11.4 Å². The molecular weight excluding hydrogens is 346 g/mol. The Morgan fingerprint density at radius 1 is 1.23 bits per heavy atom. The van der Waals surface area contributed by atoms with Gasteiger partial charge in [0.1, 0.15) is 18.4 Å². The number of aromatic nitrogens is 3. The molecule has 0 spiro atoms. The molecule has 0 radical (unpaired) electrons. The first-order valence-corrected chi connectivity index (χ1v) is 8.62. The van der Waals surface area contributed by atoms with Crippen LogP contribution >= 0.6 is 12.2 Å². The Balaban J connectivity index is 1.68. The summed E-state index contributed by atoms with van der Waals surface area (Å²) in [6, 6.07) is 16.0. The Morgan fingerprint density at radius 3 is 2.65 bits per heavy atom. The first kappa shape index (κ1) is 17.9. The maximum absolute atomic E-state index is 5.56. The first-order valence-electron chi connectivity index (χ1n) is 8.21. The number of methoxy groups -OCH3 is 1. The third-order valence-electron chi connectivity index (χ3n) is 4.28. The SMILES string of the molecule is COc1cccc(NC(=S)N(C)[C@@H](C)c2ccc(-n3cncn3)cc2)c1. The molecule has 6 nitrogen and oxygen atoms in total. The fourth-order valence-electron chi connectivity index (χ4n) is 2.56. The first-order chi connectivity index (χ1) is 12.6. The number of anilines is 1. The lowest BCUT2D eigenvalue weighted by Crippen LogP contribution is -2.33. The summed E-state index contributed by atoms with van der Waals surface area (Å²) in [6.07, 6.45) is 3.20. The van der Waals surface area contributed by atoms with Crippen LogP contribution in [0.15, 0.2) is 61.2 Å². The highest BCUT2D eigenvalue weighted by molar-refractivity contribution is 7.80. The van der Waals surface area contributed by atoms with Crippen LogP contribution in [0.2, 0.25) is 0 Å². The van der Waals surface area contributed by atoms with Crippen LogP contribution in [-0.2, 0) is 0 Å². The molecule has 1 aromatic heterocycles. The van der Waals surface area contributed by atoms with Gasteiger partial charge in [0, 0.05) is 18.8 Å². The van der Waals surface area contributed by atoms with E-state index in [-0.39, 0.29) is 6.04 Å². The van der Waals surface area contributed by atoms with Crippen LogP contribution in [0.1, 0.15) is 18.5 Å². The summed E-state index contributed by atoms with van der Waals surface area (Å²) in [6.45, 7) is 2.12. The van der Waals surface area contributed by atoms with Gasteiger partial charge in [-0.05, 0) is 49.0 Å². The van der Waals surface area contributed by atoms with Crippen LogP contribution in [0.5, 0.6) is 5.75 Å². The van der Waals surface area contributed by atoms with Crippen molar-refractivity contribution in [2.75, 3.05) is 19.5 Å². The topological polar surface area (TPSA) is 55.2 Å². The third kappa shape index (κ3) is 4.00. The van der Waals surface area contributed by atoms with E-state index < -0.39 is 0 Å². The second kappa shape index (κ2) is 7.97. The van der Waals surface area contributed by atoms with Gasteiger partial charge in [-0.1, -0.05) is 18.2 Å². The van der Waals surface area contributed by atoms with Crippen molar-refractivity contribution in [3.05, 3.63) is 66.7 Å². The Kier molecular flexibility index (Phi) is 5.48. The molecule has 0 aliphatic carbocycles. The third-order valence-corrected chi connectivity index (χ3v) is 4.67. The summed E-state index contributed by atoms with van der Waals surface area (Å²) in [7, 11) is 3.63. The quantitative estimate of drug-likeness (QED) is 0.695. The molecular formula is C19H21N5OS. The van der Waals surface area contributed by atoms with Crippen molar-refractivity contribution < 1.29 is 4.74 Å². The van der Waals surface area contributed by atoms with Crippen LogP contribution < -0.4 is 10.1 Å². The summed E-state index contributed by atoms with van der Waals surface area (Å²) in [5, 5.41) is 8.04. The molecule has 1 heterocycles. The van der Waals surface area contributed by atoms with E-state index in [2.05, 4.69) is 34.5 Å². The number of hydrogen-bond acceptors (Lipinski definition) is 4. The van der Waals surface area contributed by atoms with Crippen molar-refractivity contribution in [1.82, 2.24) is 19.7 Å². The summed E-state index contributed by atoms with van der Waals surface area (Å²) in [5.41, 5.74) is 3.03. The second-order valence-electron chi connectivity index (χ2n) is 5.88. The maximum Gasteiger partial charge on any atom is 0.173 e. The minimum Gasteiger partial charge on any atom is -0.497 e. The summed E-state index contributed by atoms with van der Waals surface area (Å²) >= 11 is 5.56. The molecule has 0 saturated carbocycles. The predicted octanol–water partition coefficient (Wildman–Crippen LogP) is 3.67. The average Bonchev–Trinajstić information content (AvgIpc) is 3.22. The van der Waals surface area contributed by atoms with Gasteiger partial charge in [0.2, 0.25) is 0 Å². The van der Waals surface area contributed by atoms with Gasteiger partial charge in [-0.25, -0.2) is 9.67 Å². The van der Waals surface area contributed by atoms with E-state index >= 15 is 0 Å². The van der Waals surface area contributed by atoms with Crippen molar-refractivity contribution >= 4 is 23.0 Å². The molecule has 26 heavy (non-hydrogen) atoms. The number of nitrogens with one attached hydrogen (secondary N) is 1. The molecule has 2 aromatic carbocycles. The van der Waals surface area contributed by atoms with Gasteiger partial charge in [-0.3, -0.25) is 0 Å². The minimum absolute atomic E-state index is 0.116. The highest BCUT2D eigenvalue weighted by Crippen LogP contribution is 2.22. The number of nitrogens with zero attached hydrogens (tertiary/aromatic N) is 4. The molecule has 0 unspecified atom stereocenters. The zero-order valence-corrected chi connectivity index (χ0v) is 15.8. The molecule has 134 valence electrons. The lowest BCUT2D eigenvalue weighted by molar-refractivity contribution is 0.408. The molecule has 0 amide bonds. The molecule has 0 bridgehead atoms. The van der Waals surface area contributed by atoms with Crippen LogP contribution in [0.4, 0.5) is 5.69 Å². The van der Waals surface area contributed by atoms with Gasteiger partial charge in [-0.15, -0.1) is 0 Å². The number of hydrogen-bond donors (Lipinski definition) is 1. The number of benzene rings is 2.